The minimum atomic E-state index is -1.69. The monoisotopic (exact) mass is 834 g/mol. The summed E-state index contributed by atoms with van der Waals surface area (Å²) in [4.78, 5) is 29.9. The van der Waals surface area contributed by atoms with Crippen LogP contribution in [0.15, 0.2) is 99.6 Å². The molecule has 5 rings (SSSR count). The number of hydrogen-bond donors (Lipinski definition) is 1. The first-order valence-electron chi connectivity index (χ1n) is 18.1. The lowest BCUT2D eigenvalue weighted by Crippen LogP contribution is -2.39. The van der Waals surface area contributed by atoms with Gasteiger partial charge in [0.15, 0.2) is 0 Å². The van der Waals surface area contributed by atoms with Gasteiger partial charge in [-0.2, -0.15) is 5.26 Å². The number of H-pyrrole nitrogens is 1. The van der Waals surface area contributed by atoms with E-state index in [9.17, 15) is 14.9 Å². The molecule has 12 nitrogen and oxygen atoms in total. The molecule has 14 heteroatoms. The summed E-state index contributed by atoms with van der Waals surface area (Å²) in [7, 11) is 1.56. The fourth-order valence-corrected chi connectivity index (χ4v) is 8.77. The van der Waals surface area contributed by atoms with Crippen molar-refractivity contribution in [2.24, 2.45) is 0 Å². The van der Waals surface area contributed by atoms with Gasteiger partial charge in [0.1, 0.15) is 29.4 Å². The second-order valence-corrected chi connectivity index (χ2v) is 15.3. The van der Waals surface area contributed by atoms with Crippen molar-refractivity contribution in [2.75, 3.05) is 27.4 Å². The molecule has 292 valence electrons. The average Bonchev–Trinajstić information content (AvgIpc) is 3.58. The van der Waals surface area contributed by atoms with Crippen LogP contribution in [0.5, 0.6) is 11.5 Å². The number of benzene rings is 3. The number of nitrogens with zero attached hydrogens (tertiary/aromatic N) is 3. The van der Waals surface area contributed by atoms with Crippen LogP contribution in [0.2, 0.25) is 0 Å². The highest BCUT2D eigenvalue weighted by Gasteiger charge is 2.45. The van der Waals surface area contributed by atoms with Gasteiger partial charge in [0, 0.05) is 24.7 Å². The van der Waals surface area contributed by atoms with Crippen molar-refractivity contribution < 1.29 is 28.0 Å². The molecule has 4 aromatic rings. The third-order valence-electron chi connectivity index (χ3n) is 9.25. The first-order chi connectivity index (χ1) is 26.6. The second-order valence-electron chi connectivity index (χ2n) is 13.4. The summed E-state index contributed by atoms with van der Waals surface area (Å²) in [5.74, 6) is 1.39. The number of aromatic nitrogens is 2. The number of aromatic amines is 1. The predicted octanol–water partition coefficient (Wildman–Crippen LogP) is 7.88. The Kier molecular flexibility index (Phi) is 15.0. The molecule has 0 amide bonds. The van der Waals surface area contributed by atoms with Crippen LogP contribution in [0.3, 0.4) is 0 Å². The molecule has 2 heterocycles. The van der Waals surface area contributed by atoms with E-state index in [1.54, 1.807) is 25.3 Å². The second kappa shape index (κ2) is 19.6. The zero-order valence-electron chi connectivity index (χ0n) is 31.9. The largest absolute Gasteiger partial charge is 0.497 e. The number of nitriles is 1. The Morgan fingerprint density at radius 2 is 1.55 bits per heavy atom. The third kappa shape index (κ3) is 9.83. The molecular weight excluding hydrogens is 787 g/mol. The molecule has 0 spiro atoms. The van der Waals surface area contributed by atoms with Crippen LogP contribution in [0, 0.1) is 11.3 Å². The van der Waals surface area contributed by atoms with Gasteiger partial charge in [-0.1, -0.05) is 70.5 Å². The quantitative estimate of drug-likeness (QED) is 0.0599. The number of rotatable bonds is 18. The summed E-state index contributed by atoms with van der Waals surface area (Å²) in [5.41, 5.74) is 0.536. The van der Waals surface area contributed by atoms with Crippen LogP contribution in [-0.4, -0.2) is 65.9 Å². The van der Waals surface area contributed by atoms with Gasteiger partial charge < -0.3 is 28.0 Å². The highest BCUT2D eigenvalue weighted by molar-refractivity contribution is 9.11. The van der Waals surface area contributed by atoms with Gasteiger partial charge in [0.25, 0.3) is 14.1 Å². The number of hydrogen-bond acceptors (Lipinski definition) is 10. The van der Waals surface area contributed by atoms with Crippen LogP contribution < -0.4 is 20.7 Å². The highest BCUT2D eigenvalue weighted by atomic mass is 79.9. The molecule has 4 atom stereocenters. The average molecular weight is 836 g/mol. The van der Waals surface area contributed by atoms with Gasteiger partial charge in [-0.25, -0.2) is 9.46 Å². The molecule has 1 fully saturated rings. The number of nitrogens with one attached hydrogen (secondary N) is 1. The number of methoxy groups -OCH3 is 2. The van der Waals surface area contributed by atoms with Crippen LogP contribution in [0.1, 0.15) is 69.0 Å². The summed E-state index contributed by atoms with van der Waals surface area (Å²) in [6, 6.07) is 27.7. The molecule has 1 unspecified atom stereocenters. The first-order valence-corrected chi connectivity index (χ1v) is 20.1. The lowest BCUT2D eigenvalue weighted by molar-refractivity contribution is -0.0925. The maximum atomic E-state index is 13.3. The standard InChI is InChI=1S/C41H48BrN4O8P/c1-28(2)46(29(3)4)55(52-24-10-23-43)54-36-25-38(45-26-30(21-22-42)39(47)44-40(45)48)53-37(36)27-51-41(31-11-8-7-9-12-31,32-13-17-34(49-5)18-14-32)33-15-19-35(50-6)20-16-33/h7-9,11-22,26,28-29,36-38H,10,24-25,27H2,1-6H3,(H,44,47,48)/b22-21+/t36-,37+,38+,55?/m0/s1. The normalized spacial score (nSPS) is 17.9. The van der Waals surface area contributed by atoms with Crippen molar-refractivity contribution in [1.82, 2.24) is 14.2 Å². The summed E-state index contributed by atoms with van der Waals surface area (Å²) in [6.07, 6.45) is 1.31. The minimum absolute atomic E-state index is 0.0190. The predicted molar refractivity (Wildman–Crippen MR) is 216 cm³/mol. The highest BCUT2D eigenvalue weighted by Crippen LogP contribution is 2.50. The van der Waals surface area contributed by atoms with E-state index in [0.29, 0.717) is 11.5 Å². The van der Waals surface area contributed by atoms with Crippen LogP contribution in [0.25, 0.3) is 6.08 Å². The van der Waals surface area contributed by atoms with Gasteiger partial charge in [-0.05, 0) is 79.7 Å². The van der Waals surface area contributed by atoms with Crippen molar-refractivity contribution in [1.29, 1.82) is 5.26 Å². The Morgan fingerprint density at radius 3 is 2.07 bits per heavy atom. The molecule has 1 N–H and O–H groups in total. The Hall–Kier alpha value is -4.12. The first kappa shape index (κ1) is 42.0. The molecule has 3 aromatic carbocycles. The summed E-state index contributed by atoms with van der Waals surface area (Å²) < 4.78 is 41.7. The Bertz CT molecular complexity index is 1960. The van der Waals surface area contributed by atoms with Gasteiger partial charge >= 0.3 is 5.69 Å². The molecule has 0 aliphatic carbocycles. The minimum Gasteiger partial charge on any atom is -0.497 e. The van der Waals surface area contributed by atoms with Gasteiger partial charge in [0.2, 0.25) is 0 Å². The van der Waals surface area contributed by atoms with Crippen LogP contribution in [0.4, 0.5) is 0 Å². The molecule has 0 saturated carbocycles. The molecule has 1 aliphatic rings. The Labute approximate surface area is 331 Å². The summed E-state index contributed by atoms with van der Waals surface area (Å²) >= 11 is 3.23. The fraction of sp³-hybridized carbons (Fsp3) is 0.390. The smallest absolute Gasteiger partial charge is 0.330 e. The molecule has 55 heavy (non-hydrogen) atoms. The van der Waals surface area contributed by atoms with Crippen molar-refractivity contribution in [3.63, 3.8) is 0 Å². The van der Waals surface area contributed by atoms with Crippen LogP contribution >= 0.6 is 24.5 Å². The third-order valence-corrected chi connectivity index (χ3v) is 11.7. The SMILES string of the molecule is COc1ccc(C(OC[C@H]2O[C@@H](n3cc(/C=C/Br)c(=O)[nH]c3=O)C[C@@H]2OP(OCCC#N)N(C(C)C)C(C)C)(c2ccccc2)c2ccc(OC)cc2)cc1. The Morgan fingerprint density at radius 1 is 0.964 bits per heavy atom. The lowest BCUT2D eigenvalue weighted by Gasteiger charge is -2.39. The maximum Gasteiger partial charge on any atom is 0.330 e. The van der Waals surface area contributed by atoms with Gasteiger partial charge in [0.05, 0.1) is 51.6 Å². The van der Waals surface area contributed by atoms with Gasteiger partial charge in [-0.3, -0.25) is 14.3 Å². The zero-order valence-corrected chi connectivity index (χ0v) is 34.4. The maximum absolute atomic E-state index is 13.3. The molecule has 1 aliphatic heterocycles. The molecular formula is C41H48BrN4O8P. The molecule has 0 radical (unpaired) electrons. The van der Waals surface area contributed by atoms with Gasteiger partial charge in [-0.15, -0.1) is 0 Å². The Balaban J connectivity index is 1.62. The summed E-state index contributed by atoms with van der Waals surface area (Å²) in [5, 5.41) is 9.32. The topological polar surface area (TPSA) is 137 Å². The zero-order chi connectivity index (χ0) is 39.5. The van der Waals surface area contributed by atoms with Crippen molar-refractivity contribution in [2.45, 2.75) is 76.7 Å². The van der Waals surface area contributed by atoms with E-state index >= 15 is 0 Å². The van der Waals surface area contributed by atoms with Crippen LogP contribution in [-0.2, 0) is 24.1 Å². The molecule has 1 saturated heterocycles. The lowest BCUT2D eigenvalue weighted by atomic mass is 9.80. The van der Waals surface area contributed by atoms with Crippen molar-refractivity contribution in [3.05, 3.63) is 133 Å². The van der Waals surface area contributed by atoms with Crippen molar-refractivity contribution >= 4 is 30.5 Å². The van der Waals surface area contributed by atoms with E-state index in [1.165, 1.54) is 10.8 Å². The summed E-state index contributed by atoms with van der Waals surface area (Å²) in [6.45, 7) is 8.47. The van der Waals surface area contributed by atoms with E-state index in [0.717, 1.165) is 16.7 Å². The fourth-order valence-electron chi connectivity index (χ4n) is 6.73. The van der Waals surface area contributed by atoms with E-state index < -0.39 is 43.8 Å². The van der Waals surface area contributed by atoms with E-state index in [4.69, 9.17) is 28.0 Å². The van der Waals surface area contributed by atoms with E-state index in [1.807, 2.05) is 78.9 Å². The number of halogens is 1. The number of ether oxygens (including phenoxy) is 4. The van der Waals surface area contributed by atoms with Crippen molar-refractivity contribution in [3.8, 4) is 17.6 Å². The molecule has 1 aromatic heterocycles. The molecule has 0 bridgehead atoms. The van der Waals surface area contributed by atoms with E-state index in [-0.39, 0.29) is 43.7 Å². The van der Waals surface area contributed by atoms with E-state index in [2.05, 4.69) is 59.3 Å².